The number of hydrogen-bond acceptors (Lipinski definition) is 1. The Labute approximate surface area is 187 Å². The van der Waals surface area contributed by atoms with Crippen molar-refractivity contribution in [3.05, 3.63) is 72.0 Å². The Morgan fingerprint density at radius 1 is 0.808 bits per heavy atom. The number of benzene rings is 2. The van der Waals surface area contributed by atoms with Crippen LogP contribution in [0.25, 0.3) is 0 Å². The van der Waals surface area contributed by atoms with Gasteiger partial charge in [-0.25, -0.2) is 0 Å². The summed E-state index contributed by atoms with van der Waals surface area (Å²) >= 11 is 4.96. The Morgan fingerprint density at radius 2 is 1.23 bits per heavy atom. The molecule has 0 spiro atoms. The second-order valence-electron chi connectivity index (χ2n) is 7.38. The number of rotatable bonds is 8. The van der Waals surface area contributed by atoms with E-state index in [2.05, 4.69) is 127 Å². The van der Waals surface area contributed by atoms with Crippen LogP contribution in [0.1, 0.15) is 33.6 Å². The normalized spacial score (nSPS) is 11.5. The summed E-state index contributed by atoms with van der Waals surface area (Å²) in [6.45, 7) is 6.85. The van der Waals surface area contributed by atoms with Crippen LogP contribution in [0.5, 0.6) is 0 Å². The van der Waals surface area contributed by atoms with Crippen molar-refractivity contribution in [2.45, 2.75) is 33.6 Å². The molecule has 0 aliphatic rings. The predicted octanol–water partition coefficient (Wildman–Crippen LogP) is 5.49. The van der Waals surface area contributed by atoms with Gasteiger partial charge < -0.3 is 4.43 Å². The zero-order chi connectivity index (χ0) is 19.0. The predicted molar refractivity (Wildman–Crippen MR) is 134 cm³/mol. The summed E-state index contributed by atoms with van der Waals surface area (Å²) in [6, 6.07) is 21.5. The molecule has 0 bridgehead atoms. The quantitative estimate of drug-likeness (QED) is 0.171. The molecule has 2 rings (SSSR count). The van der Waals surface area contributed by atoms with Crippen molar-refractivity contribution in [3.63, 3.8) is 0 Å². The molecule has 26 heavy (non-hydrogen) atoms. The van der Waals surface area contributed by atoms with E-state index in [0.717, 1.165) is 21.7 Å². The number of halogens is 2. The van der Waals surface area contributed by atoms with E-state index in [4.69, 9.17) is 4.43 Å². The minimum atomic E-state index is -1.78. The van der Waals surface area contributed by atoms with Crippen LogP contribution in [0.3, 0.4) is 0 Å². The molecule has 0 N–H and O–H groups in total. The molecule has 0 atom stereocenters. The fourth-order valence-electron chi connectivity index (χ4n) is 3.07. The largest absolute Gasteiger partial charge is 0.540 e. The Morgan fingerprint density at radius 3 is 1.58 bits per heavy atom. The Balaban J connectivity index is 2.51. The van der Waals surface area contributed by atoms with Crippen LogP contribution in [-0.4, -0.2) is 17.9 Å². The van der Waals surface area contributed by atoms with Crippen molar-refractivity contribution in [1.29, 1.82) is 0 Å². The third-order valence-corrected chi connectivity index (χ3v) is 7.77. The standard InChI is InChI=1S/C22H28I2OSi/c1-22(2,3)21(18(14-16-23)15-17-24)25-26(19-10-6-4-7-11-19)20-12-8-5-9-13-20/h4-13,26H,14-17H2,1-3H3. The first-order valence-corrected chi connectivity index (χ1v) is 13.8. The maximum atomic E-state index is 6.97. The first kappa shape index (κ1) is 22.0. The fraction of sp³-hybridized carbons (Fsp3) is 0.364. The van der Waals surface area contributed by atoms with Gasteiger partial charge in [0.05, 0.1) is 5.76 Å². The molecule has 0 saturated carbocycles. The van der Waals surface area contributed by atoms with Crippen LogP contribution < -0.4 is 10.4 Å². The summed E-state index contributed by atoms with van der Waals surface area (Å²) in [5, 5.41) is 2.67. The lowest BCUT2D eigenvalue weighted by atomic mass is 9.89. The topological polar surface area (TPSA) is 9.23 Å². The van der Waals surface area contributed by atoms with Crippen LogP contribution >= 0.6 is 45.2 Å². The van der Waals surface area contributed by atoms with Gasteiger partial charge in [0.1, 0.15) is 0 Å². The van der Waals surface area contributed by atoms with E-state index in [9.17, 15) is 0 Å². The van der Waals surface area contributed by atoms with Crippen molar-refractivity contribution in [2.75, 3.05) is 8.86 Å². The highest BCUT2D eigenvalue weighted by atomic mass is 127. The van der Waals surface area contributed by atoms with Gasteiger partial charge in [0.2, 0.25) is 0 Å². The minimum absolute atomic E-state index is 0.0156. The van der Waals surface area contributed by atoms with Crippen LogP contribution in [0.4, 0.5) is 0 Å². The molecule has 0 heterocycles. The van der Waals surface area contributed by atoms with E-state index >= 15 is 0 Å². The van der Waals surface area contributed by atoms with E-state index in [1.54, 1.807) is 0 Å². The highest BCUT2D eigenvalue weighted by Crippen LogP contribution is 2.33. The molecule has 140 valence electrons. The summed E-state index contributed by atoms with van der Waals surface area (Å²) in [5.74, 6) is 1.22. The fourth-order valence-corrected chi connectivity index (χ4v) is 6.93. The second kappa shape index (κ2) is 10.9. The minimum Gasteiger partial charge on any atom is -0.540 e. The van der Waals surface area contributed by atoms with Gasteiger partial charge >= 0.3 is 0 Å². The number of alkyl halides is 2. The van der Waals surface area contributed by atoms with Gasteiger partial charge in [-0.3, -0.25) is 0 Å². The average Bonchev–Trinajstić information content (AvgIpc) is 2.63. The van der Waals surface area contributed by atoms with Crippen LogP contribution in [0, 0.1) is 5.41 Å². The van der Waals surface area contributed by atoms with Gasteiger partial charge in [0.15, 0.2) is 0 Å². The van der Waals surface area contributed by atoms with Crippen molar-refractivity contribution < 1.29 is 4.43 Å². The van der Waals surface area contributed by atoms with Crippen LogP contribution in [0.2, 0.25) is 0 Å². The van der Waals surface area contributed by atoms with Crippen LogP contribution in [0.15, 0.2) is 72.0 Å². The molecule has 0 fully saturated rings. The highest BCUT2D eigenvalue weighted by Gasteiger charge is 2.28. The zero-order valence-corrected chi connectivity index (χ0v) is 21.3. The van der Waals surface area contributed by atoms with E-state index < -0.39 is 9.04 Å². The molecular weight excluding hydrogens is 562 g/mol. The summed E-state index contributed by atoms with van der Waals surface area (Å²) in [7, 11) is -1.78. The van der Waals surface area contributed by atoms with Crippen molar-refractivity contribution >= 4 is 64.6 Å². The maximum Gasteiger partial charge on any atom is 0.298 e. The Kier molecular flexibility index (Phi) is 9.16. The van der Waals surface area contributed by atoms with Gasteiger partial charge in [0, 0.05) is 14.3 Å². The van der Waals surface area contributed by atoms with E-state index in [0.29, 0.717) is 0 Å². The lowest BCUT2D eigenvalue weighted by molar-refractivity contribution is 0.293. The molecule has 0 unspecified atom stereocenters. The number of allylic oxidation sites excluding steroid dienone is 2. The van der Waals surface area contributed by atoms with Crippen LogP contribution in [-0.2, 0) is 4.43 Å². The molecule has 4 heteroatoms. The summed E-state index contributed by atoms with van der Waals surface area (Å²) in [5.41, 5.74) is 1.51. The van der Waals surface area contributed by atoms with Gasteiger partial charge in [-0.15, -0.1) is 0 Å². The Bertz CT molecular complexity index is 646. The summed E-state index contributed by atoms with van der Waals surface area (Å²) < 4.78 is 9.24. The summed E-state index contributed by atoms with van der Waals surface area (Å²) in [6.07, 6.45) is 2.22. The zero-order valence-electron chi connectivity index (χ0n) is 15.8. The maximum absolute atomic E-state index is 6.97. The lowest BCUT2D eigenvalue weighted by Gasteiger charge is -2.31. The van der Waals surface area contributed by atoms with Gasteiger partial charge in [-0.1, -0.05) is 127 Å². The van der Waals surface area contributed by atoms with E-state index in [1.165, 1.54) is 21.7 Å². The third kappa shape index (κ3) is 6.37. The average molecular weight is 590 g/mol. The molecule has 0 amide bonds. The molecule has 0 aliphatic heterocycles. The van der Waals surface area contributed by atoms with Gasteiger partial charge in [0.25, 0.3) is 9.04 Å². The molecule has 0 aromatic heterocycles. The van der Waals surface area contributed by atoms with Gasteiger partial charge in [-0.05, 0) is 28.8 Å². The van der Waals surface area contributed by atoms with Crippen molar-refractivity contribution in [3.8, 4) is 0 Å². The molecule has 0 aliphatic carbocycles. The highest BCUT2D eigenvalue weighted by molar-refractivity contribution is 14.1. The Hall–Kier alpha value is -0.343. The summed E-state index contributed by atoms with van der Waals surface area (Å²) in [4.78, 5) is 0. The SMILES string of the molecule is CC(C)(C)C(O[SiH](c1ccccc1)c1ccccc1)=C(CCI)CCI. The van der Waals surface area contributed by atoms with Crippen molar-refractivity contribution in [2.24, 2.45) is 5.41 Å². The molecule has 2 aromatic carbocycles. The molecular formula is C22H28I2OSi. The molecule has 0 saturated heterocycles. The first-order valence-electron chi connectivity index (χ1n) is 9.08. The molecule has 0 radical (unpaired) electrons. The van der Waals surface area contributed by atoms with E-state index in [-0.39, 0.29) is 5.41 Å². The monoisotopic (exact) mass is 590 g/mol. The lowest BCUT2D eigenvalue weighted by Crippen LogP contribution is -2.46. The van der Waals surface area contributed by atoms with Crippen molar-refractivity contribution in [1.82, 2.24) is 0 Å². The second-order valence-corrected chi connectivity index (χ2v) is 11.9. The first-order chi connectivity index (χ1) is 12.5. The van der Waals surface area contributed by atoms with E-state index in [1.807, 2.05) is 0 Å². The molecule has 1 nitrogen and oxygen atoms in total. The number of hydrogen-bond donors (Lipinski definition) is 0. The van der Waals surface area contributed by atoms with Gasteiger partial charge in [-0.2, -0.15) is 0 Å². The smallest absolute Gasteiger partial charge is 0.298 e. The molecule has 2 aromatic rings. The third-order valence-electron chi connectivity index (χ3n) is 4.24.